The van der Waals surface area contributed by atoms with Crippen LogP contribution in [0.5, 0.6) is 0 Å². The van der Waals surface area contributed by atoms with E-state index in [4.69, 9.17) is 23.2 Å². The van der Waals surface area contributed by atoms with Crippen LogP contribution in [-0.4, -0.2) is 4.98 Å². The largest absolute Gasteiger partial charge is 0.235 e. The fraction of sp³-hybridized carbons (Fsp3) is 0. The fourth-order valence-corrected chi connectivity index (χ4v) is 1.92. The van der Waals surface area contributed by atoms with E-state index in [-0.39, 0.29) is 0 Å². The lowest BCUT2D eigenvalue weighted by molar-refractivity contribution is 1.41. The van der Waals surface area contributed by atoms with Crippen molar-refractivity contribution in [2.24, 2.45) is 0 Å². The van der Waals surface area contributed by atoms with Gasteiger partial charge in [0, 0.05) is 16.2 Å². The van der Waals surface area contributed by atoms with Crippen molar-refractivity contribution in [3.8, 4) is 11.3 Å². The molecule has 0 radical (unpaired) electrons. The number of fused-ring (bicyclic) bond motifs is 1. The Hall–Kier alpha value is -1.05. The molecule has 0 N–H and O–H groups in total. The van der Waals surface area contributed by atoms with Gasteiger partial charge in [0.2, 0.25) is 0 Å². The Morgan fingerprint density at radius 1 is 1.21 bits per heavy atom. The Labute approximate surface area is 92.3 Å². The van der Waals surface area contributed by atoms with E-state index in [1.165, 1.54) is 0 Å². The number of hydrogen-bond donors (Lipinski definition) is 0. The van der Waals surface area contributed by atoms with Crippen molar-refractivity contribution in [3.05, 3.63) is 47.6 Å². The van der Waals surface area contributed by atoms with E-state index >= 15 is 0 Å². The van der Waals surface area contributed by atoms with E-state index in [9.17, 15) is 0 Å². The average molecular weight is 224 g/mol. The first-order chi connectivity index (χ1) is 6.70. The highest BCUT2D eigenvalue weighted by molar-refractivity contribution is 6.50. The smallest absolute Gasteiger partial charge is 0.139 e. The summed E-state index contributed by atoms with van der Waals surface area (Å²) in [7, 11) is 0. The van der Waals surface area contributed by atoms with Crippen molar-refractivity contribution in [2.45, 2.75) is 0 Å². The van der Waals surface area contributed by atoms with Gasteiger partial charge in [0.05, 0.1) is 5.69 Å². The quantitative estimate of drug-likeness (QED) is 0.711. The molecule has 2 rings (SSSR count). The van der Waals surface area contributed by atoms with Crippen LogP contribution in [0.15, 0.2) is 36.9 Å². The molecule has 14 heavy (non-hydrogen) atoms. The van der Waals surface area contributed by atoms with Gasteiger partial charge in [0.15, 0.2) is 0 Å². The van der Waals surface area contributed by atoms with Crippen LogP contribution in [0.2, 0.25) is 5.15 Å². The Morgan fingerprint density at radius 3 is 2.64 bits per heavy atom. The SMILES string of the molecule is C=C(Cl)c1c2cccccc-2nc1Cl. The zero-order valence-corrected chi connectivity index (χ0v) is 8.81. The molecule has 1 heterocycles. The summed E-state index contributed by atoms with van der Waals surface area (Å²) in [5, 5.41) is 0.829. The molecule has 0 saturated heterocycles. The summed E-state index contributed by atoms with van der Waals surface area (Å²) in [4.78, 5) is 4.19. The Morgan fingerprint density at radius 2 is 1.93 bits per heavy atom. The van der Waals surface area contributed by atoms with Crippen LogP contribution in [0.25, 0.3) is 16.3 Å². The molecule has 0 bridgehead atoms. The van der Waals surface area contributed by atoms with Crippen molar-refractivity contribution in [2.75, 3.05) is 0 Å². The molecule has 0 aromatic rings. The van der Waals surface area contributed by atoms with E-state index in [1.54, 1.807) is 0 Å². The van der Waals surface area contributed by atoms with Gasteiger partial charge < -0.3 is 0 Å². The van der Waals surface area contributed by atoms with Gasteiger partial charge in [-0.05, 0) is 6.07 Å². The minimum atomic E-state index is 0.409. The van der Waals surface area contributed by atoms with Crippen molar-refractivity contribution in [1.82, 2.24) is 4.98 Å². The molecule has 2 aliphatic rings. The first kappa shape index (κ1) is 9.50. The second-order valence-corrected chi connectivity index (χ2v) is 3.71. The number of nitrogens with zero attached hydrogens (tertiary/aromatic N) is 1. The standard InChI is InChI=1S/C11H7Cl2N/c1-7(12)10-8-5-3-2-4-6-9(8)14-11(10)13/h2-6H,1H2. The van der Waals surface area contributed by atoms with Crippen LogP contribution in [0.1, 0.15) is 5.56 Å². The predicted octanol–water partition coefficient (Wildman–Crippen LogP) is 4.05. The third kappa shape index (κ3) is 1.49. The molecule has 0 unspecified atom stereocenters. The normalized spacial score (nSPS) is 10.4. The zero-order chi connectivity index (χ0) is 10.1. The minimum absolute atomic E-state index is 0.409. The van der Waals surface area contributed by atoms with Crippen LogP contribution in [0, 0.1) is 0 Å². The first-order valence-corrected chi connectivity index (χ1v) is 4.85. The van der Waals surface area contributed by atoms with Crippen molar-refractivity contribution >= 4 is 28.2 Å². The summed E-state index contributed by atoms with van der Waals surface area (Å²) < 4.78 is 0. The van der Waals surface area contributed by atoms with E-state index in [0.717, 1.165) is 16.8 Å². The molecular formula is C11H7Cl2N. The first-order valence-electron chi connectivity index (χ1n) is 4.09. The van der Waals surface area contributed by atoms with E-state index in [0.29, 0.717) is 10.2 Å². The third-order valence-electron chi connectivity index (χ3n) is 1.98. The highest BCUT2D eigenvalue weighted by atomic mass is 35.5. The lowest BCUT2D eigenvalue weighted by atomic mass is 10.1. The maximum absolute atomic E-state index is 5.95. The molecule has 0 amide bonds. The van der Waals surface area contributed by atoms with Crippen LogP contribution >= 0.6 is 23.2 Å². The fourth-order valence-electron chi connectivity index (χ4n) is 1.38. The molecule has 0 saturated carbocycles. The van der Waals surface area contributed by atoms with Crippen LogP contribution in [0.4, 0.5) is 0 Å². The van der Waals surface area contributed by atoms with Gasteiger partial charge in [0.25, 0.3) is 0 Å². The molecular weight excluding hydrogens is 217 g/mol. The molecule has 3 heteroatoms. The Bertz CT molecular complexity index is 465. The van der Waals surface area contributed by atoms with E-state index in [1.807, 2.05) is 30.3 Å². The van der Waals surface area contributed by atoms with Gasteiger partial charge in [-0.2, -0.15) is 0 Å². The van der Waals surface area contributed by atoms with Gasteiger partial charge >= 0.3 is 0 Å². The van der Waals surface area contributed by atoms with Crippen molar-refractivity contribution < 1.29 is 0 Å². The van der Waals surface area contributed by atoms with Gasteiger partial charge in [-0.25, -0.2) is 4.98 Å². The maximum atomic E-state index is 5.95. The van der Waals surface area contributed by atoms with Gasteiger partial charge in [0.1, 0.15) is 5.15 Å². The highest BCUT2D eigenvalue weighted by Gasteiger charge is 2.16. The number of aromatic nitrogens is 1. The summed E-state index contributed by atoms with van der Waals surface area (Å²) in [6.07, 6.45) is 0. The molecule has 0 aromatic carbocycles. The van der Waals surface area contributed by atoms with E-state index < -0.39 is 0 Å². The molecule has 1 aliphatic carbocycles. The van der Waals surface area contributed by atoms with E-state index in [2.05, 4.69) is 11.6 Å². The van der Waals surface area contributed by atoms with Crippen molar-refractivity contribution in [3.63, 3.8) is 0 Å². The summed E-state index contributed by atoms with van der Waals surface area (Å²) in [5.41, 5.74) is 2.48. The summed E-state index contributed by atoms with van der Waals surface area (Å²) in [6, 6.07) is 9.58. The minimum Gasteiger partial charge on any atom is -0.235 e. The monoisotopic (exact) mass is 223 g/mol. The number of halogens is 2. The molecule has 1 nitrogen and oxygen atoms in total. The molecule has 1 aliphatic heterocycles. The molecule has 70 valence electrons. The summed E-state index contributed by atoms with van der Waals surface area (Å²) in [6.45, 7) is 3.67. The van der Waals surface area contributed by atoms with Gasteiger partial charge in [-0.3, -0.25) is 0 Å². The second kappa shape index (κ2) is 3.60. The number of hydrogen-bond acceptors (Lipinski definition) is 1. The molecule has 0 aromatic heterocycles. The lowest BCUT2D eigenvalue weighted by Gasteiger charge is -1.95. The lowest BCUT2D eigenvalue weighted by Crippen LogP contribution is -1.74. The second-order valence-electron chi connectivity index (χ2n) is 2.89. The Kier molecular flexibility index (Phi) is 2.44. The molecule has 0 fully saturated rings. The molecule has 0 atom stereocenters. The predicted molar refractivity (Wildman–Crippen MR) is 60.8 cm³/mol. The van der Waals surface area contributed by atoms with Crippen LogP contribution in [0.3, 0.4) is 0 Å². The van der Waals surface area contributed by atoms with Crippen LogP contribution < -0.4 is 0 Å². The summed E-state index contributed by atoms with van der Waals surface area (Å²) in [5.74, 6) is 0. The van der Waals surface area contributed by atoms with Crippen molar-refractivity contribution in [1.29, 1.82) is 0 Å². The maximum Gasteiger partial charge on any atom is 0.139 e. The topological polar surface area (TPSA) is 12.9 Å². The van der Waals surface area contributed by atoms with Crippen LogP contribution in [-0.2, 0) is 0 Å². The van der Waals surface area contributed by atoms with Gasteiger partial charge in [-0.15, -0.1) is 0 Å². The Balaban J connectivity index is 2.77. The summed E-state index contributed by atoms with van der Waals surface area (Å²) >= 11 is 11.8. The number of rotatable bonds is 1. The average Bonchev–Trinajstić information content (AvgIpc) is 2.31. The highest BCUT2D eigenvalue weighted by Crippen LogP contribution is 2.36. The molecule has 0 spiro atoms. The van der Waals surface area contributed by atoms with Gasteiger partial charge in [-0.1, -0.05) is 54.0 Å². The zero-order valence-electron chi connectivity index (χ0n) is 7.30. The third-order valence-corrected chi connectivity index (χ3v) is 2.44.